The van der Waals surface area contributed by atoms with Crippen molar-refractivity contribution in [1.29, 1.82) is 0 Å². The molecule has 0 N–H and O–H groups in total. The molecule has 1 heterocycles. The smallest absolute Gasteiger partial charge is 0.149 e. The Morgan fingerprint density at radius 2 is 2.14 bits per heavy atom. The Hall–Kier alpha value is -0.830. The lowest BCUT2D eigenvalue weighted by Gasteiger charge is -2.26. The molecule has 0 fully saturated rings. The minimum Gasteiger partial charge on any atom is -0.353 e. The summed E-state index contributed by atoms with van der Waals surface area (Å²) in [6.07, 6.45) is 4.39. The van der Waals surface area contributed by atoms with Gasteiger partial charge in [0, 0.05) is 12.6 Å². The summed E-state index contributed by atoms with van der Waals surface area (Å²) in [4.78, 5) is 10.5. The monoisotopic (exact) mass is 213 g/mol. The summed E-state index contributed by atoms with van der Waals surface area (Å²) in [6, 6.07) is 0.419. The molecular formula is C10H16ClN3. The SMILES string of the molecule is CCCN(c1cncc(Cl)n1)C(C)C. The second-order valence-corrected chi connectivity index (χ2v) is 3.87. The molecule has 0 spiro atoms. The summed E-state index contributed by atoms with van der Waals surface area (Å²) in [7, 11) is 0. The second kappa shape index (κ2) is 5.15. The van der Waals surface area contributed by atoms with Crippen LogP contribution in [0.15, 0.2) is 12.4 Å². The van der Waals surface area contributed by atoms with Crippen LogP contribution in [0.3, 0.4) is 0 Å². The first-order valence-corrected chi connectivity index (χ1v) is 5.27. The molecule has 0 aliphatic carbocycles. The van der Waals surface area contributed by atoms with Crippen molar-refractivity contribution in [3.8, 4) is 0 Å². The predicted molar refractivity (Wildman–Crippen MR) is 59.8 cm³/mol. The van der Waals surface area contributed by atoms with Gasteiger partial charge in [0.15, 0.2) is 0 Å². The van der Waals surface area contributed by atoms with E-state index in [0.717, 1.165) is 18.8 Å². The zero-order chi connectivity index (χ0) is 10.6. The van der Waals surface area contributed by atoms with Crippen LogP contribution in [0.1, 0.15) is 27.2 Å². The summed E-state index contributed by atoms with van der Waals surface area (Å²) >= 11 is 5.79. The van der Waals surface area contributed by atoms with Crippen LogP contribution >= 0.6 is 11.6 Å². The van der Waals surface area contributed by atoms with Gasteiger partial charge in [-0.3, -0.25) is 4.98 Å². The van der Waals surface area contributed by atoms with E-state index >= 15 is 0 Å². The highest BCUT2D eigenvalue weighted by molar-refractivity contribution is 6.29. The molecule has 0 aliphatic heterocycles. The molecule has 0 bridgehead atoms. The van der Waals surface area contributed by atoms with E-state index in [1.807, 2.05) is 0 Å². The maximum atomic E-state index is 5.79. The Balaban J connectivity index is 2.87. The molecule has 0 aromatic carbocycles. The van der Waals surface area contributed by atoms with Crippen LogP contribution in [0.5, 0.6) is 0 Å². The molecule has 0 unspecified atom stereocenters. The van der Waals surface area contributed by atoms with Gasteiger partial charge in [-0.2, -0.15) is 0 Å². The summed E-state index contributed by atoms with van der Waals surface area (Å²) in [5, 5.41) is 0.448. The highest BCUT2D eigenvalue weighted by Crippen LogP contribution is 2.15. The van der Waals surface area contributed by atoms with Crippen molar-refractivity contribution in [1.82, 2.24) is 9.97 Å². The Kier molecular flexibility index (Phi) is 4.14. The van der Waals surface area contributed by atoms with Gasteiger partial charge in [-0.1, -0.05) is 18.5 Å². The molecule has 0 radical (unpaired) electrons. The maximum Gasteiger partial charge on any atom is 0.149 e. The van der Waals surface area contributed by atoms with Gasteiger partial charge in [-0.05, 0) is 20.3 Å². The third-order valence-corrected chi connectivity index (χ3v) is 2.16. The van der Waals surface area contributed by atoms with Gasteiger partial charge in [-0.15, -0.1) is 0 Å². The number of hydrogen-bond acceptors (Lipinski definition) is 3. The van der Waals surface area contributed by atoms with Crippen molar-refractivity contribution >= 4 is 17.4 Å². The van der Waals surface area contributed by atoms with Crippen LogP contribution in [0.25, 0.3) is 0 Å². The van der Waals surface area contributed by atoms with Crippen LogP contribution in [-0.4, -0.2) is 22.6 Å². The van der Waals surface area contributed by atoms with Crippen molar-refractivity contribution in [2.75, 3.05) is 11.4 Å². The molecular weight excluding hydrogens is 198 g/mol. The molecule has 0 atom stereocenters. The molecule has 0 aliphatic rings. The average molecular weight is 214 g/mol. The minimum absolute atomic E-state index is 0.419. The van der Waals surface area contributed by atoms with Gasteiger partial charge in [-0.25, -0.2) is 4.98 Å². The van der Waals surface area contributed by atoms with E-state index in [1.165, 1.54) is 0 Å². The summed E-state index contributed by atoms with van der Waals surface area (Å²) in [5.74, 6) is 0.856. The standard InChI is InChI=1S/C10H16ClN3/c1-4-5-14(8(2)3)10-7-12-6-9(11)13-10/h6-8H,4-5H2,1-3H3. The number of rotatable bonds is 4. The molecule has 0 saturated heterocycles. The Labute approximate surface area is 90.1 Å². The summed E-state index contributed by atoms with van der Waals surface area (Å²) in [6.45, 7) is 7.40. The fourth-order valence-corrected chi connectivity index (χ4v) is 1.49. The highest BCUT2D eigenvalue weighted by Gasteiger charge is 2.11. The summed E-state index contributed by atoms with van der Waals surface area (Å²) < 4.78 is 0. The molecule has 4 heteroatoms. The molecule has 3 nitrogen and oxygen atoms in total. The lowest BCUT2D eigenvalue weighted by Crippen LogP contribution is -2.32. The van der Waals surface area contributed by atoms with E-state index in [4.69, 9.17) is 11.6 Å². The van der Waals surface area contributed by atoms with Crippen molar-refractivity contribution < 1.29 is 0 Å². The first kappa shape index (κ1) is 11.2. The van der Waals surface area contributed by atoms with Gasteiger partial charge in [0.05, 0.1) is 12.4 Å². The van der Waals surface area contributed by atoms with E-state index < -0.39 is 0 Å². The largest absolute Gasteiger partial charge is 0.353 e. The predicted octanol–water partition coefficient (Wildman–Crippen LogP) is 2.75. The number of anilines is 1. The molecule has 1 rings (SSSR count). The molecule has 1 aromatic heterocycles. The van der Waals surface area contributed by atoms with Crippen molar-refractivity contribution in [2.24, 2.45) is 0 Å². The Bertz CT molecular complexity index is 288. The lowest BCUT2D eigenvalue weighted by molar-refractivity contribution is 0.660. The third kappa shape index (κ3) is 2.84. The first-order chi connectivity index (χ1) is 6.65. The quantitative estimate of drug-likeness (QED) is 0.770. The van der Waals surface area contributed by atoms with Crippen molar-refractivity contribution in [2.45, 2.75) is 33.2 Å². The van der Waals surface area contributed by atoms with Gasteiger partial charge in [0.25, 0.3) is 0 Å². The maximum absolute atomic E-state index is 5.79. The van der Waals surface area contributed by atoms with Crippen LogP contribution in [-0.2, 0) is 0 Å². The number of nitrogens with zero attached hydrogens (tertiary/aromatic N) is 3. The second-order valence-electron chi connectivity index (χ2n) is 3.49. The first-order valence-electron chi connectivity index (χ1n) is 4.89. The molecule has 1 aromatic rings. The van der Waals surface area contributed by atoms with E-state index in [1.54, 1.807) is 12.4 Å². The fourth-order valence-electron chi connectivity index (χ4n) is 1.35. The summed E-state index contributed by atoms with van der Waals surface area (Å²) in [5.41, 5.74) is 0. The molecule has 14 heavy (non-hydrogen) atoms. The average Bonchev–Trinajstić information content (AvgIpc) is 2.13. The zero-order valence-corrected chi connectivity index (χ0v) is 9.62. The van der Waals surface area contributed by atoms with Crippen LogP contribution in [0, 0.1) is 0 Å². The van der Waals surface area contributed by atoms with Crippen LogP contribution in [0.2, 0.25) is 5.15 Å². The van der Waals surface area contributed by atoms with Crippen molar-refractivity contribution in [3.05, 3.63) is 17.5 Å². The van der Waals surface area contributed by atoms with E-state index in [-0.39, 0.29) is 0 Å². The van der Waals surface area contributed by atoms with E-state index in [9.17, 15) is 0 Å². The molecule has 0 saturated carbocycles. The normalized spacial score (nSPS) is 10.6. The van der Waals surface area contributed by atoms with Crippen LogP contribution in [0.4, 0.5) is 5.82 Å². The van der Waals surface area contributed by atoms with Gasteiger partial charge in [0.2, 0.25) is 0 Å². The van der Waals surface area contributed by atoms with Gasteiger partial charge < -0.3 is 4.90 Å². The highest BCUT2D eigenvalue weighted by atomic mass is 35.5. The topological polar surface area (TPSA) is 29.0 Å². The number of aromatic nitrogens is 2. The Morgan fingerprint density at radius 1 is 1.43 bits per heavy atom. The lowest BCUT2D eigenvalue weighted by atomic mass is 10.3. The van der Waals surface area contributed by atoms with Crippen molar-refractivity contribution in [3.63, 3.8) is 0 Å². The number of hydrogen-bond donors (Lipinski definition) is 0. The molecule has 78 valence electrons. The van der Waals surface area contributed by atoms with E-state index in [0.29, 0.717) is 11.2 Å². The fraction of sp³-hybridized carbons (Fsp3) is 0.600. The molecule has 0 amide bonds. The van der Waals surface area contributed by atoms with Gasteiger partial charge in [0.1, 0.15) is 11.0 Å². The number of halogens is 1. The Morgan fingerprint density at radius 3 is 2.64 bits per heavy atom. The third-order valence-electron chi connectivity index (χ3n) is 1.97. The minimum atomic E-state index is 0.419. The van der Waals surface area contributed by atoms with E-state index in [2.05, 4.69) is 35.6 Å². The van der Waals surface area contributed by atoms with Gasteiger partial charge >= 0.3 is 0 Å². The zero-order valence-electron chi connectivity index (χ0n) is 8.87. The van der Waals surface area contributed by atoms with Crippen LogP contribution < -0.4 is 4.90 Å².